The molecule has 0 aliphatic heterocycles. The summed E-state index contributed by atoms with van der Waals surface area (Å²) < 4.78 is 5.36. The molecule has 0 saturated carbocycles. The Morgan fingerprint density at radius 2 is 2.04 bits per heavy atom. The molecule has 0 radical (unpaired) electrons. The number of hydrogen-bond acceptors (Lipinski definition) is 3. The number of para-hydroxylation sites is 1. The van der Waals surface area contributed by atoms with Crippen molar-refractivity contribution >= 4 is 16.9 Å². The topological polar surface area (TPSA) is 74.3 Å². The fourth-order valence-corrected chi connectivity index (χ4v) is 3.05. The minimum Gasteiger partial charge on any atom is -0.496 e. The van der Waals surface area contributed by atoms with Crippen molar-refractivity contribution in [3.63, 3.8) is 0 Å². The zero-order valence-electron chi connectivity index (χ0n) is 14.4. The zero-order valence-corrected chi connectivity index (χ0v) is 14.4. The monoisotopic (exact) mass is 338 g/mol. The Kier molecular flexibility index (Phi) is 5.05. The van der Waals surface area contributed by atoms with E-state index < -0.39 is 12.0 Å². The highest BCUT2D eigenvalue weighted by Gasteiger charge is 2.19. The van der Waals surface area contributed by atoms with Gasteiger partial charge in [0.05, 0.1) is 7.11 Å². The van der Waals surface area contributed by atoms with Gasteiger partial charge in [0.2, 0.25) is 0 Å². The maximum absolute atomic E-state index is 11.7. The van der Waals surface area contributed by atoms with Crippen LogP contribution in [0.5, 0.6) is 5.75 Å². The summed E-state index contributed by atoms with van der Waals surface area (Å²) in [6.07, 6.45) is 2.29. The number of aryl methyl sites for hydroxylation is 1. The van der Waals surface area contributed by atoms with Crippen LogP contribution in [0.2, 0.25) is 0 Å². The van der Waals surface area contributed by atoms with E-state index >= 15 is 0 Å². The predicted octanol–water partition coefficient (Wildman–Crippen LogP) is 3.27. The molecule has 5 nitrogen and oxygen atoms in total. The lowest BCUT2D eigenvalue weighted by atomic mass is 10.0. The Hall–Kier alpha value is -2.79. The van der Waals surface area contributed by atoms with Gasteiger partial charge in [-0.3, -0.25) is 10.1 Å². The molecule has 1 aromatic heterocycles. The average Bonchev–Trinajstić information content (AvgIpc) is 3.01. The van der Waals surface area contributed by atoms with Gasteiger partial charge in [-0.2, -0.15) is 0 Å². The van der Waals surface area contributed by atoms with Gasteiger partial charge >= 0.3 is 5.97 Å². The number of aliphatic carboxylic acids is 1. The molecule has 1 heterocycles. The van der Waals surface area contributed by atoms with E-state index in [1.807, 2.05) is 55.6 Å². The molecule has 5 heteroatoms. The number of carboxylic acid groups (broad SMARTS) is 1. The van der Waals surface area contributed by atoms with Gasteiger partial charge in [-0.05, 0) is 24.6 Å². The molecule has 0 spiro atoms. The summed E-state index contributed by atoms with van der Waals surface area (Å²) in [7, 11) is 1.62. The van der Waals surface area contributed by atoms with E-state index in [0.717, 1.165) is 33.3 Å². The summed E-state index contributed by atoms with van der Waals surface area (Å²) in [6, 6.07) is 13.1. The molecule has 3 rings (SSSR count). The average molecular weight is 338 g/mol. The van der Waals surface area contributed by atoms with E-state index in [1.165, 1.54) is 0 Å². The Morgan fingerprint density at radius 3 is 2.80 bits per heavy atom. The highest BCUT2D eigenvalue weighted by molar-refractivity contribution is 5.84. The van der Waals surface area contributed by atoms with Crippen molar-refractivity contribution in [2.45, 2.75) is 25.9 Å². The number of hydrogen-bond donors (Lipinski definition) is 3. The Labute approximate surface area is 146 Å². The molecule has 0 bridgehead atoms. The van der Waals surface area contributed by atoms with Gasteiger partial charge in [0.1, 0.15) is 11.8 Å². The minimum atomic E-state index is -0.864. The second-order valence-electron chi connectivity index (χ2n) is 6.15. The number of methoxy groups -OCH3 is 1. The smallest absolute Gasteiger partial charge is 0.321 e. The number of aromatic nitrogens is 1. The van der Waals surface area contributed by atoms with Crippen LogP contribution in [0, 0.1) is 6.92 Å². The summed E-state index contributed by atoms with van der Waals surface area (Å²) in [5.41, 5.74) is 4.07. The fourth-order valence-electron chi connectivity index (χ4n) is 3.05. The van der Waals surface area contributed by atoms with Crippen LogP contribution >= 0.6 is 0 Å². The largest absolute Gasteiger partial charge is 0.496 e. The number of aromatic amines is 1. The van der Waals surface area contributed by atoms with Gasteiger partial charge in [-0.15, -0.1) is 0 Å². The van der Waals surface area contributed by atoms with Crippen LogP contribution in [0.1, 0.15) is 16.7 Å². The van der Waals surface area contributed by atoms with E-state index in [1.54, 1.807) is 7.11 Å². The predicted molar refractivity (Wildman–Crippen MR) is 98.0 cm³/mol. The Morgan fingerprint density at radius 1 is 1.24 bits per heavy atom. The number of fused-ring (bicyclic) bond motifs is 1. The van der Waals surface area contributed by atoms with Crippen LogP contribution in [0.4, 0.5) is 0 Å². The van der Waals surface area contributed by atoms with Crippen molar-refractivity contribution in [3.8, 4) is 5.75 Å². The molecule has 0 unspecified atom stereocenters. The summed E-state index contributed by atoms with van der Waals surface area (Å²) >= 11 is 0. The van der Waals surface area contributed by atoms with Crippen LogP contribution in [0.15, 0.2) is 48.7 Å². The lowest BCUT2D eigenvalue weighted by molar-refractivity contribution is -0.139. The normalized spacial score (nSPS) is 12.2. The third kappa shape index (κ3) is 3.83. The summed E-state index contributed by atoms with van der Waals surface area (Å²) in [5, 5.41) is 13.8. The number of benzene rings is 2. The number of H-pyrrole nitrogens is 1. The molecular weight excluding hydrogens is 316 g/mol. The minimum absolute atomic E-state index is 0.410. The maximum Gasteiger partial charge on any atom is 0.321 e. The van der Waals surface area contributed by atoms with E-state index in [2.05, 4.69) is 10.3 Å². The molecule has 0 saturated heterocycles. The Bertz CT molecular complexity index is 886. The van der Waals surface area contributed by atoms with Gasteiger partial charge in [0.25, 0.3) is 0 Å². The summed E-state index contributed by atoms with van der Waals surface area (Å²) in [4.78, 5) is 14.9. The standard InChI is InChI=1S/C20H22N2O3/c1-13-7-8-19(25-2)15(9-13)12-22-18(20(23)24)10-14-11-21-17-6-4-3-5-16(14)17/h3-9,11,18,21-22H,10,12H2,1-2H3,(H,23,24)/t18-/m0/s1. The highest BCUT2D eigenvalue weighted by atomic mass is 16.5. The maximum atomic E-state index is 11.7. The number of rotatable bonds is 7. The molecule has 0 fully saturated rings. The van der Waals surface area contributed by atoms with Crippen LogP contribution in [0.3, 0.4) is 0 Å². The lowest BCUT2D eigenvalue weighted by Gasteiger charge is -2.16. The molecule has 3 aromatic rings. The van der Waals surface area contributed by atoms with Gasteiger partial charge in [-0.1, -0.05) is 35.9 Å². The lowest BCUT2D eigenvalue weighted by Crippen LogP contribution is -2.38. The van der Waals surface area contributed by atoms with Crippen molar-refractivity contribution in [2.24, 2.45) is 0 Å². The zero-order chi connectivity index (χ0) is 17.8. The summed E-state index contributed by atoms with van der Waals surface area (Å²) in [6.45, 7) is 2.44. The first-order valence-corrected chi connectivity index (χ1v) is 8.23. The van der Waals surface area contributed by atoms with Gasteiger partial charge in [0, 0.05) is 35.6 Å². The number of carboxylic acids is 1. The number of nitrogens with one attached hydrogen (secondary N) is 2. The molecule has 0 aliphatic rings. The van der Waals surface area contributed by atoms with Crippen LogP contribution in [0.25, 0.3) is 10.9 Å². The number of ether oxygens (including phenoxy) is 1. The molecule has 3 N–H and O–H groups in total. The van der Waals surface area contributed by atoms with Gasteiger partial charge in [0.15, 0.2) is 0 Å². The van der Waals surface area contributed by atoms with E-state index in [9.17, 15) is 9.90 Å². The van der Waals surface area contributed by atoms with Crippen molar-refractivity contribution in [2.75, 3.05) is 7.11 Å². The second-order valence-corrected chi connectivity index (χ2v) is 6.15. The molecule has 2 aromatic carbocycles. The quantitative estimate of drug-likeness (QED) is 0.618. The van der Waals surface area contributed by atoms with Gasteiger partial charge < -0.3 is 14.8 Å². The van der Waals surface area contributed by atoms with Crippen molar-refractivity contribution in [1.29, 1.82) is 0 Å². The van der Waals surface area contributed by atoms with Crippen LogP contribution in [-0.2, 0) is 17.8 Å². The third-order valence-corrected chi connectivity index (χ3v) is 4.37. The summed E-state index contributed by atoms with van der Waals surface area (Å²) in [5.74, 6) is -0.105. The SMILES string of the molecule is COc1ccc(C)cc1CN[C@@H](Cc1c[nH]c2ccccc12)C(=O)O. The van der Waals surface area contributed by atoms with Crippen LogP contribution < -0.4 is 10.1 Å². The van der Waals surface area contributed by atoms with Crippen molar-refractivity contribution in [1.82, 2.24) is 10.3 Å². The van der Waals surface area contributed by atoms with E-state index in [4.69, 9.17) is 4.74 Å². The molecular formula is C20H22N2O3. The fraction of sp³-hybridized carbons (Fsp3) is 0.250. The second kappa shape index (κ2) is 7.40. The van der Waals surface area contributed by atoms with Gasteiger partial charge in [-0.25, -0.2) is 0 Å². The molecule has 25 heavy (non-hydrogen) atoms. The first kappa shape index (κ1) is 17.0. The van der Waals surface area contributed by atoms with Crippen molar-refractivity contribution < 1.29 is 14.6 Å². The first-order chi connectivity index (χ1) is 12.1. The Balaban J connectivity index is 1.76. The first-order valence-electron chi connectivity index (χ1n) is 8.23. The van der Waals surface area contributed by atoms with E-state index in [0.29, 0.717) is 13.0 Å². The molecule has 130 valence electrons. The molecule has 1 atom stereocenters. The molecule has 0 aliphatic carbocycles. The van der Waals surface area contributed by atoms with Crippen LogP contribution in [-0.4, -0.2) is 29.2 Å². The third-order valence-electron chi connectivity index (χ3n) is 4.37. The van der Waals surface area contributed by atoms with Crippen molar-refractivity contribution in [3.05, 3.63) is 65.4 Å². The highest BCUT2D eigenvalue weighted by Crippen LogP contribution is 2.21. The molecule has 0 amide bonds. The van der Waals surface area contributed by atoms with E-state index in [-0.39, 0.29) is 0 Å². The number of carbonyl (C=O) groups is 1.